The van der Waals surface area contributed by atoms with Crippen molar-refractivity contribution >= 4 is 11.9 Å². The number of nitrogens with two attached hydrogens (primary N) is 1. The van der Waals surface area contributed by atoms with Crippen molar-refractivity contribution in [3.05, 3.63) is 0 Å². The minimum absolute atomic E-state index is 0.0572. The van der Waals surface area contributed by atoms with E-state index in [4.69, 9.17) is 15.6 Å². The van der Waals surface area contributed by atoms with Gasteiger partial charge in [-0.2, -0.15) is 0 Å². The molecule has 0 rings (SSSR count). The Labute approximate surface area is 95.1 Å². The largest absolute Gasteiger partial charge is 0.480 e. The monoisotopic (exact) mass is 232 g/mol. The second-order valence-corrected chi connectivity index (χ2v) is 4.60. The van der Waals surface area contributed by atoms with Crippen LogP contribution in [0.1, 0.15) is 27.7 Å². The molecule has 0 aliphatic heterocycles. The topological polar surface area (TPSA) is 102 Å². The Hall–Kier alpha value is -1.14. The van der Waals surface area contributed by atoms with Gasteiger partial charge in [-0.15, -0.1) is 0 Å². The van der Waals surface area contributed by atoms with E-state index in [1.807, 2.05) is 20.8 Å². The maximum atomic E-state index is 11.4. The van der Waals surface area contributed by atoms with Crippen molar-refractivity contribution in [3.63, 3.8) is 0 Å². The molecule has 6 heteroatoms. The van der Waals surface area contributed by atoms with Crippen LogP contribution in [0.5, 0.6) is 0 Å². The van der Waals surface area contributed by atoms with Gasteiger partial charge in [0.1, 0.15) is 12.1 Å². The van der Waals surface area contributed by atoms with Gasteiger partial charge in [-0.1, -0.05) is 0 Å². The van der Waals surface area contributed by atoms with Crippen molar-refractivity contribution in [2.24, 2.45) is 5.73 Å². The normalized spacial score (nSPS) is 15.3. The van der Waals surface area contributed by atoms with Gasteiger partial charge in [-0.3, -0.25) is 9.59 Å². The van der Waals surface area contributed by atoms with Crippen LogP contribution in [0.3, 0.4) is 0 Å². The number of carbonyl (C=O) groups is 2. The van der Waals surface area contributed by atoms with E-state index < -0.39 is 24.0 Å². The van der Waals surface area contributed by atoms with Gasteiger partial charge in [0.05, 0.1) is 12.2 Å². The fraction of sp³-hybridized carbons (Fsp3) is 0.800. The van der Waals surface area contributed by atoms with Crippen LogP contribution < -0.4 is 11.1 Å². The highest BCUT2D eigenvalue weighted by Crippen LogP contribution is 2.06. The maximum Gasteiger partial charge on any atom is 0.325 e. The zero-order chi connectivity index (χ0) is 12.9. The molecule has 0 unspecified atom stereocenters. The highest BCUT2D eigenvalue weighted by molar-refractivity contribution is 5.86. The Morgan fingerprint density at radius 1 is 1.44 bits per heavy atom. The fourth-order valence-electron chi connectivity index (χ4n) is 0.798. The standard InChI is InChI=1S/C10H20N2O4/c1-6(9(14)15)12-8(13)7(11)5-16-10(2,3)4/h6-7H,5,11H2,1-4H3,(H,12,13)(H,14,15)/t6-,7-/m0/s1. The van der Waals surface area contributed by atoms with Gasteiger partial charge in [0, 0.05) is 0 Å². The number of carboxylic acid groups (broad SMARTS) is 1. The number of ether oxygens (including phenoxy) is 1. The van der Waals surface area contributed by atoms with Gasteiger partial charge in [0.25, 0.3) is 0 Å². The van der Waals surface area contributed by atoms with Crippen LogP contribution in [0, 0.1) is 0 Å². The van der Waals surface area contributed by atoms with Gasteiger partial charge in [-0.05, 0) is 27.7 Å². The molecule has 1 amide bonds. The second kappa shape index (κ2) is 5.81. The summed E-state index contributed by atoms with van der Waals surface area (Å²) in [5.41, 5.74) is 5.16. The maximum absolute atomic E-state index is 11.4. The van der Waals surface area contributed by atoms with Crippen molar-refractivity contribution in [3.8, 4) is 0 Å². The first-order valence-electron chi connectivity index (χ1n) is 5.06. The van der Waals surface area contributed by atoms with Gasteiger partial charge in [-0.25, -0.2) is 0 Å². The third-order valence-electron chi connectivity index (χ3n) is 1.76. The molecule has 2 atom stereocenters. The minimum Gasteiger partial charge on any atom is -0.480 e. The van der Waals surface area contributed by atoms with Crippen LogP contribution in [-0.4, -0.2) is 41.3 Å². The molecule has 0 spiro atoms. The molecule has 0 aliphatic carbocycles. The van der Waals surface area contributed by atoms with E-state index in [1.165, 1.54) is 6.92 Å². The number of aliphatic carboxylic acids is 1. The number of carbonyl (C=O) groups excluding carboxylic acids is 1. The van der Waals surface area contributed by atoms with Crippen LogP contribution in [0.2, 0.25) is 0 Å². The van der Waals surface area contributed by atoms with E-state index in [1.54, 1.807) is 0 Å². The predicted molar refractivity (Wildman–Crippen MR) is 58.9 cm³/mol. The number of rotatable bonds is 5. The molecule has 0 aromatic heterocycles. The smallest absolute Gasteiger partial charge is 0.325 e. The van der Waals surface area contributed by atoms with Crippen molar-refractivity contribution in [2.75, 3.05) is 6.61 Å². The summed E-state index contributed by atoms with van der Waals surface area (Å²) < 4.78 is 5.32. The lowest BCUT2D eigenvalue weighted by molar-refractivity contribution is -0.141. The molecule has 6 nitrogen and oxygen atoms in total. The Kier molecular flexibility index (Phi) is 5.40. The van der Waals surface area contributed by atoms with E-state index in [-0.39, 0.29) is 12.2 Å². The van der Waals surface area contributed by atoms with Crippen molar-refractivity contribution in [1.82, 2.24) is 5.32 Å². The Balaban J connectivity index is 4.05. The molecule has 0 radical (unpaired) electrons. The molecule has 0 aromatic rings. The first kappa shape index (κ1) is 14.9. The summed E-state index contributed by atoms with van der Waals surface area (Å²) in [5.74, 6) is -1.63. The number of carboxylic acids is 1. The van der Waals surface area contributed by atoms with E-state index in [9.17, 15) is 9.59 Å². The molecule has 16 heavy (non-hydrogen) atoms. The summed E-state index contributed by atoms with van der Waals surface area (Å²) in [5, 5.41) is 10.9. The van der Waals surface area contributed by atoms with Gasteiger partial charge in [0.2, 0.25) is 5.91 Å². The molecule has 0 aliphatic rings. The Bertz CT molecular complexity index is 260. The van der Waals surface area contributed by atoms with Crippen LogP contribution in [0.4, 0.5) is 0 Å². The van der Waals surface area contributed by atoms with E-state index in [2.05, 4.69) is 5.32 Å². The molecule has 0 heterocycles. The average Bonchev–Trinajstić information content (AvgIpc) is 2.12. The second-order valence-electron chi connectivity index (χ2n) is 4.60. The third-order valence-corrected chi connectivity index (χ3v) is 1.76. The molecular weight excluding hydrogens is 212 g/mol. The molecule has 0 fully saturated rings. The summed E-state index contributed by atoms with van der Waals surface area (Å²) >= 11 is 0. The highest BCUT2D eigenvalue weighted by Gasteiger charge is 2.21. The lowest BCUT2D eigenvalue weighted by Crippen LogP contribution is -2.49. The van der Waals surface area contributed by atoms with Crippen LogP contribution in [0.25, 0.3) is 0 Å². The third kappa shape index (κ3) is 6.36. The molecule has 0 bridgehead atoms. The highest BCUT2D eigenvalue weighted by atomic mass is 16.5. The van der Waals surface area contributed by atoms with Gasteiger partial charge < -0.3 is 20.9 Å². The summed E-state index contributed by atoms with van der Waals surface area (Å²) in [4.78, 5) is 21.9. The predicted octanol–water partition coefficient (Wildman–Crippen LogP) is -0.282. The molecule has 0 aromatic carbocycles. The zero-order valence-corrected chi connectivity index (χ0v) is 10.1. The summed E-state index contributed by atoms with van der Waals surface area (Å²) in [7, 11) is 0. The van der Waals surface area contributed by atoms with E-state index in [0.29, 0.717) is 0 Å². The lowest BCUT2D eigenvalue weighted by atomic mass is 10.2. The lowest BCUT2D eigenvalue weighted by Gasteiger charge is -2.22. The van der Waals surface area contributed by atoms with Crippen LogP contribution in [0.15, 0.2) is 0 Å². The molecule has 94 valence electrons. The Morgan fingerprint density at radius 3 is 2.31 bits per heavy atom. The van der Waals surface area contributed by atoms with Crippen molar-refractivity contribution in [1.29, 1.82) is 0 Å². The zero-order valence-electron chi connectivity index (χ0n) is 10.1. The Morgan fingerprint density at radius 2 is 1.94 bits per heavy atom. The molecule has 4 N–H and O–H groups in total. The molecule has 0 saturated carbocycles. The molecule has 0 saturated heterocycles. The first-order chi connectivity index (χ1) is 7.13. The minimum atomic E-state index is -1.10. The van der Waals surface area contributed by atoms with Gasteiger partial charge >= 0.3 is 5.97 Å². The average molecular weight is 232 g/mol. The SMILES string of the molecule is C[C@H](NC(=O)[C@@H](N)COC(C)(C)C)C(=O)O. The van der Waals surface area contributed by atoms with Gasteiger partial charge in [0.15, 0.2) is 0 Å². The van der Waals surface area contributed by atoms with Crippen LogP contribution in [-0.2, 0) is 14.3 Å². The van der Waals surface area contributed by atoms with E-state index >= 15 is 0 Å². The summed E-state index contributed by atoms with van der Waals surface area (Å²) in [6.07, 6.45) is 0. The number of amides is 1. The van der Waals surface area contributed by atoms with Crippen molar-refractivity contribution in [2.45, 2.75) is 45.4 Å². The number of hydrogen-bond donors (Lipinski definition) is 3. The van der Waals surface area contributed by atoms with E-state index in [0.717, 1.165) is 0 Å². The quantitative estimate of drug-likeness (QED) is 0.605. The summed E-state index contributed by atoms with van der Waals surface area (Å²) in [6, 6.07) is -1.81. The number of hydrogen-bond acceptors (Lipinski definition) is 4. The first-order valence-corrected chi connectivity index (χ1v) is 5.06. The summed E-state index contributed by atoms with van der Waals surface area (Å²) in [6.45, 7) is 6.96. The molecular formula is C10H20N2O4. The number of nitrogens with one attached hydrogen (secondary N) is 1. The van der Waals surface area contributed by atoms with Crippen molar-refractivity contribution < 1.29 is 19.4 Å². The fourth-order valence-corrected chi connectivity index (χ4v) is 0.798. The van der Waals surface area contributed by atoms with Crippen LogP contribution >= 0.6 is 0 Å².